The molecule has 3 unspecified atom stereocenters. The van der Waals surface area contributed by atoms with Gasteiger partial charge in [-0.05, 0) is 35.6 Å². The largest absolute Gasteiger partial charge is 0.497 e. The number of aliphatic hydroxyl groups excluding tert-OH is 2. The minimum Gasteiger partial charge on any atom is -0.497 e. The molecule has 0 heterocycles. The summed E-state index contributed by atoms with van der Waals surface area (Å²) in [5, 5.41) is 27.0. The van der Waals surface area contributed by atoms with Crippen LogP contribution in [-0.4, -0.2) is 89.9 Å². The summed E-state index contributed by atoms with van der Waals surface area (Å²) >= 11 is 0. The molecule has 15 heteroatoms. The Morgan fingerprint density at radius 3 is 2.06 bits per heavy atom. The van der Waals surface area contributed by atoms with E-state index >= 15 is 0 Å². The Kier molecular flexibility index (Phi) is 14.1. The Balaban J connectivity index is 2.51. The number of aliphatic hydroxyl groups is 2. The molecule has 0 saturated heterocycles. The molecular formula is C32H41F5N4O6. The number of carbonyl (C=O) groups is 3. The molecule has 0 fully saturated rings. The molecule has 260 valence electrons. The predicted molar refractivity (Wildman–Crippen MR) is 164 cm³/mol. The van der Waals surface area contributed by atoms with Crippen LogP contribution in [0.5, 0.6) is 5.75 Å². The van der Waals surface area contributed by atoms with Crippen LogP contribution in [0.25, 0.3) is 5.70 Å². The number of hydrogen-bond acceptors (Lipinski definition) is 7. The number of carbonyl (C=O) groups excluding carboxylic acids is 3. The van der Waals surface area contributed by atoms with Gasteiger partial charge in [-0.1, -0.05) is 69.8 Å². The smallest absolute Gasteiger partial charge is 0.405 e. The fraction of sp³-hybridized carbons (Fsp3) is 0.469. The van der Waals surface area contributed by atoms with Crippen molar-refractivity contribution in [3.63, 3.8) is 0 Å². The molecule has 2 rings (SSSR count). The monoisotopic (exact) mass is 672 g/mol. The second-order valence-electron chi connectivity index (χ2n) is 11.1. The van der Waals surface area contributed by atoms with Crippen molar-refractivity contribution in [3.05, 3.63) is 72.3 Å². The van der Waals surface area contributed by atoms with Crippen molar-refractivity contribution in [2.75, 3.05) is 26.8 Å². The third-order valence-electron chi connectivity index (χ3n) is 7.18. The van der Waals surface area contributed by atoms with E-state index in [1.165, 1.54) is 45.2 Å². The van der Waals surface area contributed by atoms with Crippen LogP contribution in [-0.2, 0) is 14.4 Å². The van der Waals surface area contributed by atoms with Crippen molar-refractivity contribution in [2.24, 2.45) is 5.92 Å². The van der Waals surface area contributed by atoms with Gasteiger partial charge in [-0.25, -0.2) is 0 Å². The summed E-state index contributed by atoms with van der Waals surface area (Å²) < 4.78 is 72.8. The summed E-state index contributed by atoms with van der Waals surface area (Å²) in [7, 11) is 1.41. The number of nitrogens with one attached hydrogen (secondary N) is 3. The standard InChI is InChI=1S/C32H41F5N4O6/c1-6-16-41(29(45)24(17-42)39-20(4)21-10-8-7-9-11-21)26(22-12-14-23(47-5)15-13-22)28(44)40-25(19(2)3)27(43)32(36,37)30(46)38-18-31(33,34)35/h7-15,19,24-27,39,42-43H,4,6,16-18H2,1-3,5H3,(H,38,46)(H,40,44)/t24?,25-,26?,27?/m0/s1. The number of amides is 3. The molecule has 3 amide bonds. The zero-order chi connectivity index (χ0) is 35.5. The Morgan fingerprint density at radius 1 is 0.979 bits per heavy atom. The Bertz CT molecular complexity index is 1340. The van der Waals surface area contributed by atoms with Gasteiger partial charge in [0.15, 0.2) is 0 Å². The number of nitrogens with zero attached hydrogens (tertiary/aromatic N) is 1. The fourth-order valence-electron chi connectivity index (χ4n) is 4.70. The lowest BCUT2D eigenvalue weighted by Gasteiger charge is -2.37. The van der Waals surface area contributed by atoms with E-state index in [2.05, 4.69) is 17.2 Å². The van der Waals surface area contributed by atoms with Crippen LogP contribution in [0.15, 0.2) is 61.2 Å². The van der Waals surface area contributed by atoms with Crippen molar-refractivity contribution in [1.82, 2.24) is 20.9 Å². The highest BCUT2D eigenvalue weighted by Gasteiger charge is 2.52. The highest BCUT2D eigenvalue weighted by atomic mass is 19.4. The molecule has 4 atom stereocenters. The van der Waals surface area contributed by atoms with Gasteiger partial charge in [0.25, 0.3) is 5.91 Å². The first kappa shape index (κ1) is 38.9. The Labute approximate surface area is 270 Å². The quantitative estimate of drug-likeness (QED) is 0.162. The third-order valence-corrected chi connectivity index (χ3v) is 7.18. The predicted octanol–water partition coefficient (Wildman–Crippen LogP) is 3.41. The van der Waals surface area contributed by atoms with Gasteiger partial charge >= 0.3 is 12.1 Å². The van der Waals surface area contributed by atoms with Gasteiger partial charge in [-0.3, -0.25) is 14.4 Å². The number of methoxy groups -OCH3 is 1. The van der Waals surface area contributed by atoms with Crippen LogP contribution >= 0.6 is 0 Å². The van der Waals surface area contributed by atoms with Gasteiger partial charge in [0.1, 0.15) is 30.5 Å². The number of hydrogen-bond donors (Lipinski definition) is 5. The fourth-order valence-corrected chi connectivity index (χ4v) is 4.70. The van der Waals surface area contributed by atoms with Crippen molar-refractivity contribution in [2.45, 2.75) is 63.5 Å². The maximum Gasteiger partial charge on any atom is 0.405 e. The van der Waals surface area contributed by atoms with E-state index in [9.17, 15) is 46.5 Å². The van der Waals surface area contributed by atoms with Crippen molar-refractivity contribution in [1.29, 1.82) is 0 Å². The molecule has 0 aliphatic rings. The van der Waals surface area contributed by atoms with Gasteiger partial charge in [0, 0.05) is 12.2 Å². The van der Waals surface area contributed by atoms with Crippen LogP contribution in [0.1, 0.15) is 44.4 Å². The molecule has 0 aromatic heterocycles. The number of alkyl halides is 5. The van der Waals surface area contributed by atoms with Crippen LogP contribution in [0.4, 0.5) is 22.0 Å². The lowest BCUT2D eigenvalue weighted by molar-refractivity contribution is -0.175. The maximum absolute atomic E-state index is 15.0. The van der Waals surface area contributed by atoms with Crippen molar-refractivity contribution < 1.29 is 51.3 Å². The summed E-state index contributed by atoms with van der Waals surface area (Å²) in [5.74, 6) is -9.49. The van der Waals surface area contributed by atoms with E-state index in [1.54, 1.807) is 37.3 Å². The SMILES string of the molecule is C=C(NC(CO)C(=O)N(CCC)C(C(=O)N[C@@H](C(C)C)C(O)C(F)(F)C(=O)NCC(F)(F)F)c1ccc(OC)cc1)c1ccccc1. The first-order valence-electron chi connectivity index (χ1n) is 14.8. The average Bonchev–Trinajstić information content (AvgIpc) is 3.04. The molecule has 10 nitrogen and oxygen atoms in total. The zero-order valence-corrected chi connectivity index (χ0v) is 26.5. The zero-order valence-electron chi connectivity index (χ0n) is 26.5. The second kappa shape index (κ2) is 17.1. The van der Waals surface area contributed by atoms with Crippen molar-refractivity contribution >= 4 is 23.4 Å². The van der Waals surface area contributed by atoms with E-state index in [-0.39, 0.29) is 12.1 Å². The molecule has 0 bridgehead atoms. The maximum atomic E-state index is 15.0. The van der Waals surface area contributed by atoms with Crippen LogP contribution in [0.3, 0.4) is 0 Å². The lowest BCUT2D eigenvalue weighted by Crippen LogP contribution is -2.61. The molecule has 0 spiro atoms. The molecular weight excluding hydrogens is 631 g/mol. The van der Waals surface area contributed by atoms with E-state index in [0.717, 1.165) is 10.2 Å². The first-order chi connectivity index (χ1) is 22.0. The Hall–Kier alpha value is -4.24. The van der Waals surface area contributed by atoms with E-state index < -0.39 is 73.1 Å². The molecule has 47 heavy (non-hydrogen) atoms. The van der Waals surface area contributed by atoms with Crippen LogP contribution < -0.4 is 20.7 Å². The highest BCUT2D eigenvalue weighted by Crippen LogP contribution is 2.29. The molecule has 0 saturated carbocycles. The number of halogens is 5. The van der Waals surface area contributed by atoms with Gasteiger partial charge in [0.2, 0.25) is 11.8 Å². The molecule has 2 aromatic rings. The summed E-state index contributed by atoms with van der Waals surface area (Å²) in [4.78, 5) is 41.1. The average molecular weight is 673 g/mol. The lowest BCUT2D eigenvalue weighted by atomic mass is 9.92. The molecule has 5 N–H and O–H groups in total. The summed E-state index contributed by atoms with van der Waals surface area (Å²) in [5.41, 5.74) is 1.13. The third kappa shape index (κ3) is 10.6. The minimum absolute atomic E-state index is 0.0517. The van der Waals surface area contributed by atoms with Crippen molar-refractivity contribution in [3.8, 4) is 5.75 Å². The van der Waals surface area contributed by atoms with Gasteiger partial charge in [0.05, 0.1) is 19.8 Å². The molecule has 0 aliphatic heterocycles. The second-order valence-corrected chi connectivity index (χ2v) is 11.1. The highest BCUT2D eigenvalue weighted by molar-refractivity contribution is 5.92. The summed E-state index contributed by atoms with van der Waals surface area (Å²) in [6, 6.07) is 9.96. The van der Waals surface area contributed by atoms with Gasteiger partial charge in [-0.2, -0.15) is 22.0 Å². The van der Waals surface area contributed by atoms with Crippen LogP contribution in [0.2, 0.25) is 0 Å². The van der Waals surface area contributed by atoms with Gasteiger partial charge in [-0.15, -0.1) is 0 Å². The van der Waals surface area contributed by atoms with E-state index in [1.807, 2.05) is 0 Å². The van der Waals surface area contributed by atoms with Crippen LogP contribution in [0, 0.1) is 5.92 Å². The molecule has 0 radical (unpaired) electrons. The number of ether oxygens (including phenoxy) is 1. The summed E-state index contributed by atoms with van der Waals surface area (Å²) in [6.45, 7) is 5.50. The van der Waals surface area contributed by atoms with Gasteiger partial charge < -0.3 is 35.8 Å². The topological polar surface area (TPSA) is 140 Å². The number of benzene rings is 2. The normalized spacial score (nSPS) is 14.4. The molecule has 0 aliphatic carbocycles. The van der Waals surface area contributed by atoms with E-state index in [0.29, 0.717) is 23.4 Å². The minimum atomic E-state index is -4.99. The first-order valence-corrected chi connectivity index (χ1v) is 14.8. The number of rotatable bonds is 17. The summed E-state index contributed by atoms with van der Waals surface area (Å²) in [6.07, 6.45) is -7.62. The molecule has 2 aromatic carbocycles. The van der Waals surface area contributed by atoms with E-state index in [4.69, 9.17) is 4.74 Å². The Morgan fingerprint density at radius 2 is 1.57 bits per heavy atom.